The Balaban J connectivity index is 2.47. The molecule has 0 aliphatic heterocycles. The highest BCUT2D eigenvalue weighted by atomic mass is 16.5. The van der Waals surface area contributed by atoms with E-state index >= 15 is 0 Å². The molecule has 0 radical (unpaired) electrons. The molecule has 0 spiro atoms. The zero-order chi connectivity index (χ0) is 13.0. The van der Waals surface area contributed by atoms with Gasteiger partial charge in [0.2, 0.25) is 0 Å². The number of esters is 1. The van der Waals surface area contributed by atoms with E-state index in [2.05, 4.69) is 4.79 Å². The Labute approximate surface area is 104 Å². The fourth-order valence-electron chi connectivity index (χ4n) is 1.75. The lowest BCUT2D eigenvalue weighted by Crippen LogP contribution is -2.19. The van der Waals surface area contributed by atoms with Gasteiger partial charge >= 0.3 is 11.7 Å². The lowest BCUT2D eigenvalue weighted by molar-refractivity contribution is -0.139. The Morgan fingerprint density at radius 2 is 1.94 bits per heavy atom. The van der Waals surface area contributed by atoms with Crippen molar-refractivity contribution in [2.75, 3.05) is 6.61 Å². The molecule has 0 fully saturated rings. The second-order valence-corrected chi connectivity index (χ2v) is 3.73. The molecule has 0 aliphatic carbocycles. The number of nitrogens with zero attached hydrogens (tertiary/aromatic N) is 2. The summed E-state index contributed by atoms with van der Waals surface area (Å²) in [4.78, 5) is 14.6. The third kappa shape index (κ3) is 2.29. The molecule has 90 valence electrons. The molecule has 2 rings (SSSR count). The standard InChI is InChI=1S/C14H12N2O2/c1-2-18-14(17)13(16-15)12-8-7-10-5-3-4-6-11(10)9-12/h3-9H,2H2,1H3. The molecule has 2 aromatic rings. The van der Waals surface area contributed by atoms with Crippen molar-refractivity contribution >= 4 is 22.5 Å². The first-order valence-corrected chi connectivity index (χ1v) is 5.64. The number of hydrogen-bond acceptors (Lipinski definition) is 2. The van der Waals surface area contributed by atoms with Crippen LogP contribution in [0.4, 0.5) is 0 Å². The fraction of sp³-hybridized carbons (Fsp3) is 0.143. The normalized spacial score (nSPS) is 9.83. The average Bonchev–Trinajstić information content (AvgIpc) is 2.40. The molecule has 0 saturated heterocycles. The van der Waals surface area contributed by atoms with Crippen molar-refractivity contribution in [1.82, 2.24) is 0 Å². The van der Waals surface area contributed by atoms with Crippen LogP contribution < -0.4 is 0 Å². The average molecular weight is 240 g/mol. The highest BCUT2D eigenvalue weighted by Gasteiger charge is 2.24. The second-order valence-electron chi connectivity index (χ2n) is 3.73. The van der Waals surface area contributed by atoms with E-state index in [4.69, 9.17) is 10.3 Å². The maximum Gasteiger partial charge on any atom is 0.422 e. The largest absolute Gasteiger partial charge is 0.457 e. The molecular formula is C14H12N2O2. The molecule has 0 heterocycles. The van der Waals surface area contributed by atoms with E-state index in [1.54, 1.807) is 19.1 Å². The Morgan fingerprint density at radius 1 is 1.22 bits per heavy atom. The molecule has 2 aromatic carbocycles. The van der Waals surface area contributed by atoms with Crippen LogP contribution >= 0.6 is 0 Å². The summed E-state index contributed by atoms with van der Waals surface area (Å²) in [5, 5.41) is 2.03. The van der Waals surface area contributed by atoms with Crippen molar-refractivity contribution in [2.24, 2.45) is 0 Å². The van der Waals surface area contributed by atoms with Crippen LogP contribution in [-0.4, -0.2) is 23.1 Å². The number of hydrogen-bond donors (Lipinski definition) is 0. The summed E-state index contributed by atoms with van der Waals surface area (Å²) in [5.41, 5.74) is 9.39. The number of carbonyl (C=O) groups excluding carboxylic acids is 1. The van der Waals surface area contributed by atoms with Crippen molar-refractivity contribution in [3.8, 4) is 0 Å². The quantitative estimate of drug-likeness (QED) is 0.358. The first-order chi connectivity index (χ1) is 8.76. The number of fused-ring (bicyclic) bond motifs is 1. The van der Waals surface area contributed by atoms with Crippen LogP contribution in [0, 0.1) is 0 Å². The summed E-state index contributed by atoms with van der Waals surface area (Å²) in [6.07, 6.45) is 0. The third-order valence-corrected chi connectivity index (χ3v) is 2.59. The molecule has 0 atom stereocenters. The molecular weight excluding hydrogens is 228 g/mol. The molecule has 0 unspecified atom stereocenters. The van der Waals surface area contributed by atoms with Crippen molar-refractivity contribution in [3.63, 3.8) is 0 Å². The van der Waals surface area contributed by atoms with Crippen molar-refractivity contribution in [3.05, 3.63) is 53.6 Å². The van der Waals surface area contributed by atoms with Crippen LogP contribution in [0.1, 0.15) is 12.5 Å². The van der Waals surface area contributed by atoms with Crippen LogP contribution in [-0.2, 0) is 9.53 Å². The lowest BCUT2D eigenvalue weighted by Gasteiger charge is -2.00. The summed E-state index contributed by atoms with van der Waals surface area (Å²) in [5.74, 6) is -0.629. The van der Waals surface area contributed by atoms with E-state index in [9.17, 15) is 4.79 Å². The lowest BCUT2D eigenvalue weighted by atomic mass is 10.0. The van der Waals surface area contributed by atoms with Gasteiger partial charge in [0.05, 0.1) is 12.2 Å². The Bertz CT molecular complexity index is 643. The van der Waals surface area contributed by atoms with Crippen LogP contribution in [0.3, 0.4) is 0 Å². The number of carbonyl (C=O) groups is 1. The van der Waals surface area contributed by atoms with Gasteiger partial charge in [-0.1, -0.05) is 30.3 Å². The molecule has 0 aliphatic rings. The second kappa shape index (κ2) is 5.25. The fourth-order valence-corrected chi connectivity index (χ4v) is 1.75. The first kappa shape index (κ1) is 12.0. The number of benzene rings is 2. The highest BCUT2D eigenvalue weighted by Crippen LogP contribution is 2.16. The zero-order valence-corrected chi connectivity index (χ0v) is 9.96. The third-order valence-electron chi connectivity index (χ3n) is 2.59. The molecule has 0 amide bonds. The summed E-state index contributed by atoms with van der Waals surface area (Å²) < 4.78 is 4.83. The van der Waals surface area contributed by atoms with Crippen LogP contribution in [0.25, 0.3) is 16.3 Å². The predicted octanol–water partition coefficient (Wildman–Crippen LogP) is 2.42. The van der Waals surface area contributed by atoms with Crippen LogP contribution in [0.15, 0.2) is 42.5 Å². The molecule has 0 saturated carbocycles. The molecule has 4 heteroatoms. The van der Waals surface area contributed by atoms with Gasteiger partial charge in [-0.15, -0.1) is 0 Å². The van der Waals surface area contributed by atoms with E-state index in [0.29, 0.717) is 5.56 Å². The molecule has 18 heavy (non-hydrogen) atoms. The summed E-state index contributed by atoms with van der Waals surface area (Å²) in [7, 11) is 0. The predicted molar refractivity (Wildman–Crippen MR) is 68.3 cm³/mol. The van der Waals surface area contributed by atoms with Gasteiger partial charge in [0.15, 0.2) is 0 Å². The number of ether oxygens (including phenoxy) is 1. The monoisotopic (exact) mass is 240 g/mol. The van der Waals surface area contributed by atoms with Crippen molar-refractivity contribution < 1.29 is 14.3 Å². The van der Waals surface area contributed by atoms with Gasteiger partial charge in [-0.05, 0) is 29.8 Å². The molecule has 0 N–H and O–H groups in total. The van der Waals surface area contributed by atoms with Gasteiger partial charge in [-0.25, -0.2) is 4.79 Å². The maximum atomic E-state index is 11.6. The minimum absolute atomic E-state index is 0.0809. The summed E-state index contributed by atoms with van der Waals surface area (Å²) in [6.45, 7) is 1.94. The van der Waals surface area contributed by atoms with Gasteiger partial charge in [0, 0.05) is 0 Å². The molecule has 0 bridgehead atoms. The Morgan fingerprint density at radius 3 is 2.61 bits per heavy atom. The topological polar surface area (TPSA) is 62.7 Å². The summed E-state index contributed by atoms with van der Waals surface area (Å²) in [6, 6.07) is 13.1. The van der Waals surface area contributed by atoms with Crippen molar-refractivity contribution in [2.45, 2.75) is 6.92 Å². The summed E-state index contributed by atoms with van der Waals surface area (Å²) >= 11 is 0. The minimum atomic E-state index is -0.629. The van der Waals surface area contributed by atoms with Gasteiger partial charge in [0.25, 0.3) is 0 Å². The van der Waals surface area contributed by atoms with E-state index < -0.39 is 5.97 Å². The van der Waals surface area contributed by atoms with Crippen molar-refractivity contribution in [1.29, 1.82) is 0 Å². The molecule has 0 aromatic heterocycles. The van der Waals surface area contributed by atoms with Gasteiger partial charge in [0.1, 0.15) is 0 Å². The Kier molecular flexibility index (Phi) is 3.51. The number of rotatable bonds is 3. The smallest absolute Gasteiger partial charge is 0.422 e. The molecule has 4 nitrogen and oxygen atoms in total. The van der Waals surface area contributed by atoms with Gasteiger partial charge < -0.3 is 10.3 Å². The first-order valence-electron chi connectivity index (χ1n) is 5.64. The van der Waals surface area contributed by atoms with Crippen LogP contribution in [0.2, 0.25) is 0 Å². The van der Waals surface area contributed by atoms with E-state index in [1.165, 1.54) is 0 Å². The maximum absolute atomic E-state index is 11.6. The van der Waals surface area contributed by atoms with Gasteiger partial charge in [-0.3, -0.25) is 0 Å². The van der Waals surface area contributed by atoms with E-state index in [1.807, 2.05) is 30.3 Å². The van der Waals surface area contributed by atoms with Crippen LogP contribution in [0.5, 0.6) is 0 Å². The SMILES string of the molecule is CCOC(=O)C(=[N+]=[N-])c1ccc2ccccc2c1. The van der Waals surface area contributed by atoms with E-state index in [0.717, 1.165) is 10.8 Å². The zero-order valence-electron chi connectivity index (χ0n) is 9.96. The minimum Gasteiger partial charge on any atom is -0.457 e. The highest BCUT2D eigenvalue weighted by molar-refractivity contribution is 6.41. The Hall–Kier alpha value is -2.45. The van der Waals surface area contributed by atoms with Gasteiger partial charge in [-0.2, -0.15) is 4.79 Å². The van der Waals surface area contributed by atoms with E-state index in [-0.39, 0.29) is 12.3 Å².